The van der Waals surface area contributed by atoms with E-state index >= 15 is 0 Å². The molecule has 2 fully saturated rings. The predicted octanol–water partition coefficient (Wildman–Crippen LogP) is 1.51. The first-order chi connectivity index (χ1) is 9.65. The van der Waals surface area contributed by atoms with Gasteiger partial charge >= 0.3 is 0 Å². The molecule has 3 rings (SSSR count). The zero-order valence-electron chi connectivity index (χ0n) is 12.7. The summed E-state index contributed by atoms with van der Waals surface area (Å²) in [5.41, 5.74) is 1.77. The van der Waals surface area contributed by atoms with Gasteiger partial charge in [0, 0.05) is 45.5 Å². The van der Waals surface area contributed by atoms with Crippen LogP contribution in [0.25, 0.3) is 0 Å². The molecule has 0 aromatic carbocycles. The third kappa shape index (κ3) is 3.13. The SMILES string of the molecule is Cc1ccnc(N2CCN(CC3(C)CCNC3)CC2)c1. The minimum Gasteiger partial charge on any atom is -0.354 e. The molecule has 1 aromatic heterocycles. The van der Waals surface area contributed by atoms with E-state index < -0.39 is 0 Å². The average Bonchev–Trinajstić information content (AvgIpc) is 2.86. The molecule has 4 heteroatoms. The highest BCUT2D eigenvalue weighted by molar-refractivity contribution is 5.41. The van der Waals surface area contributed by atoms with Gasteiger partial charge in [-0.15, -0.1) is 0 Å². The van der Waals surface area contributed by atoms with Crippen LogP contribution in [-0.2, 0) is 0 Å². The van der Waals surface area contributed by atoms with Crippen LogP contribution in [0.4, 0.5) is 5.82 Å². The van der Waals surface area contributed by atoms with Crippen molar-refractivity contribution >= 4 is 5.82 Å². The Kier molecular flexibility index (Phi) is 3.94. The second kappa shape index (κ2) is 5.70. The molecule has 2 aliphatic heterocycles. The van der Waals surface area contributed by atoms with E-state index in [0.29, 0.717) is 5.41 Å². The molecule has 1 unspecified atom stereocenters. The van der Waals surface area contributed by atoms with Crippen molar-refractivity contribution < 1.29 is 0 Å². The second-order valence-electron chi connectivity index (χ2n) is 6.69. The highest BCUT2D eigenvalue weighted by Crippen LogP contribution is 2.26. The quantitative estimate of drug-likeness (QED) is 0.905. The standard InChI is InChI=1S/C16H26N4/c1-14-3-5-18-15(11-14)20-9-7-19(8-10-20)13-16(2)4-6-17-12-16/h3,5,11,17H,4,6-10,12-13H2,1-2H3. The Hall–Kier alpha value is -1.13. The van der Waals surface area contributed by atoms with E-state index in [4.69, 9.17) is 0 Å². The Morgan fingerprint density at radius 3 is 2.75 bits per heavy atom. The van der Waals surface area contributed by atoms with Crippen LogP contribution in [0, 0.1) is 12.3 Å². The molecule has 3 heterocycles. The number of piperazine rings is 1. The summed E-state index contributed by atoms with van der Waals surface area (Å²) in [6, 6.07) is 4.26. The summed E-state index contributed by atoms with van der Waals surface area (Å²) in [6.07, 6.45) is 3.23. The first-order valence-electron chi connectivity index (χ1n) is 7.75. The number of pyridine rings is 1. The number of aromatic nitrogens is 1. The van der Waals surface area contributed by atoms with Gasteiger partial charge < -0.3 is 10.2 Å². The molecule has 0 radical (unpaired) electrons. The van der Waals surface area contributed by atoms with E-state index in [-0.39, 0.29) is 0 Å². The lowest BCUT2D eigenvalue weighted by atomic mass is 9.89. The van der Waals surface area contributed by atoms with Crippen LogP contribution in [0.5, 0.6) is 0 Å². The van der Waals surface area contributed by atoms with Gasteiger partial charge in [0.25, 0.3) is 0 Å². The minimum absolute atomic E-state index is 0.476. The topological polar surface area (TPSA) is 31.4 Å². The van der Waals surface area contributed by atoms with Crippen molar-refractivity contribution in [3.63, 3.8) is 0 Å². The lowest BCUT2D eigenvalue weighted by molar-refractivity contribution is 0.169. The maximum atomic E-state index is 4.50. The smallest absolute Gasteiger partial charge is 0.128 e. The van der Waals surface area contributed by atoms with E-state index in [2.05, 4.69) is 46.1 Å². The molecule has 2 aliphatic rings. The maximum absolute atomic E-state index is 4.50. The molecular weight excluding hydrogens is 248 g/mol. The summed E-state index contributed by atoms with van der Waals surface area (Å²) in [5.74, 6) is 1.14. The van der Waals surface area contributed by atoms with Crippen molar-refractivity contribution in [1.82, 2.24) is 15.2 Å². The number of hydrogen-bond donors (Lipinski definition) is 1. The van der Waals surface area contributed by atoms with Crippen LogP contribution >= 0.6 is 0 Å². The Labute approximate surface area is 122 Å². The van der Waals surface area contributed by atoms with Crippen molar-refractivity contribution in [2.45, 2.75) is 20.3 Å². The summed E-state index contributed by atoms with van der Waals surface area (Å²) in [7, 11) is 0. The third-order valence-corrected chi connectivity index (χ3v) is 4.66. The van der Waals surface area contributed by atoms with E-state index in [0.717, 1.165) is 32.0 Å². The number of nitrogens with zero attached hydrogens (tertiary/aromatic N) is 3. The number of rotatable bonds is 3. The average molecular weight is 274 g/mol. The summed E-state index contributed by atoms with van der Waals surface area (Å²) >= 11 is 0. The molecule has 110 valence electrons. The molecule has 1 aromatic rings. The van der Waals surface area contributed by atoms with Crippen LogP contribution in [0.3, 0.4) is 0 Å². The highest BCUT2D eigenvalue weighted by atomic mass is 15.3. The summed E-state index contributed by atoms with van der Waals surface area (Å²) < 4.78 is 0. The molecule has 1 atom stereocenters. The molecule has 2 saturated heterocycles. The lowest BCUT2D eigenvalue weighted by Gasteiger charge is -2.39. The summed E-state index contributed by atoms with van der Waals surface area (Å²) in [5, 5.41) is 3.50. The molecule has 0 bridgehead atoms. The van der Waals surface area contributed by atoms with Gasteiger partial charge in [-0.2, -0.15) is 0 Å². The zero-order valence-corrected chi connectivity index (χ0v) is 12.7. The third-order valence-electron chi connectivity index (χ3n) is 4.66. The lowest BCUT2D eigenvalue weighted by Crippen LogP contribution is -2.50. The van der Waals surface area contributed by atoms with Gasteiger partial charge in [0.2, 0.25) is 0 Å². The number of hydrogen-bond acceptors (Lipinski definition) is 4. The normalized spacial score (nSPS) is 28.0. The summed E-state index contributed by atoms with van der Waals surface area (Å²) in [4.78, 5) is 9.54. The van der Waals surface area contributed by atoms with E-state index in [1.807, 2.05) is 6.20 Å². The fraction of sp³-hybridized carbons (Fsp3) is 0.688. The molecule has 0 aliphatic carbocycles. The van der Waals surface area contributed by atoms with Crippen molar-refractivity contribution in [1.29, 1.82) is 0 Å². The minimum atomic E-state index is 0.476. The largest absolute Gasteiger partial charge is 0.354 e. The summed E-state index contributed by atoms with van der Waals surface area (Å²) in [6.45, 7) is 12.7. The molecule has 0 spiro atoms. The van der Waals surface area contributed by atoms with E-state index in [1.54, 1.807) is 0 Å². The van der Waals surface area contributed by atoms with Gasteiger partial charge in [0.05, 0.1) is 0 Å². The van der Waals surface area contributed by atoms with Crippen LogP contribution in [0.2, 0.25) is 0 Å². The molecular formula is C16H26N4. The fourth-order valence-electron chi connectivity index (χ4n) is 3.37. The Bertz CT molecular complexity index is 446. The maximum Gasteiger partial charge on any atom is 0.128 e. The number of nitrogens with one attached hydrogen (secondary N) is 1. The van der Waals surface area contributed by atoms with E-state index in [1.165, 1.54) is 31.6 Å². The van der Waals surface area contributed by atoms with Crippen molar-refractivity contribution in [2.75, 3.05) is 50.7 Å². The molecule has 20 heavy (non-hydrogen) atoms. The van der Waals surface area contributed by atoms with Gasteiger partial charge in [-0.3, -0.25) is 4.90 Å². The molecule has 4 nitrogen and oxygen atoms in total. The molecule has 1 N–H and O–H groups in total. The molecule has 0 amide bonds. The van der Waals surface area contributed by atoms with Crippen LogP contribution in [0.15, 0.2) is 18.3 Å². The van der Waals surface area contributed by atoms with Crippen molar-refractivity contribution in [3.05, 3.63) is 23.9 Å². The van der Waals surface area contributed by atoms with E-state index in [9.17, 15) is 0 Å². The van der Waals surface area contributed by atoms with Crippen molar-refractivity contribution in [3.8, 4) is 0 Å². The van der Waals surface area contributed by atoms with Gasteiger partial charge in [0.1, 0.15) is 5.82 Å². The fourth-order valence-corrected chi connectivity index (χ4v) is 3.37. The Morgan fingerprint density at radius 2 is 2.10 bits per heavy atom. The monoisotopic (exact) mass is 274 g/mol. The zero-order chi connectivity index (χ0) is 14.0. The van der Waals surface area contributed by atoms with Gasteiger partial charge in [-0.05, 0) is 43.0 Å². The van der Waals surface area contributed by atoms with Crippen LogP contribution < -0.4 is 10.2 Å². The number of anilines is 1. The first-order valence-corrected chi connectivity index (χ1v) is 7.75. The Balaban J connectivity index is 1.54. The van der Waals surface area contributed by atoms with Gasteiger partial charge in [0.15, 0.2) is 0 Å². The first kappa shape index (κ1) is 13.8. The molecule has 0 saturated carbocycles. The van der Waals surface area contributed by atoms with Crippen molar-refractivity contribution in [2.24, 2.45) is 5.41 Å². The second-order valence-corrected chi connectivity index (χ2v) is 6.69. The van der Waals surface area contributed by atoms with Crippen LogP contribution in [-0.4, -0.2) is 55.7 Å². The highest BCUT2D eigenvalue weighted by Gasteiger charge is 2.31. The van der Waals surface area contributed by atoms with Gasteiger partial charge in [-0.25, -0.2) is 4.98 Å². The predicted molar refractivity (Wildman–Crippen MR) is 83.2 cm³/mol. The Morgan fingerprint density at radius 1 is 1.30 bits per heavy atom. The number of aryl methyl sites for hydroxylation is 1. The van der Waals surface area contributed by atoms with Crippen LogP contribution in [0.1, 0.15) is 18.9 Å². The van der Waals surface area contributed by atoms with Gasteiger partial charge in [-0.1, -0.05) is 6.92 Å².